The SMILES string of the molecule is CCO[PH](=O)c1ccc(C(=O)c2c(C)cc(CSc3nnc(S)s3)cc2C)cc1. The van der Waals surface area contributed by atoms with Crippen LogP contribution in [-0.2, 0) is 14.8 Å². The first-order valence-corrected chi connectivity index (χ1v) is 12.5. The van der Waals surface area contributed by atoms with Crippen molar-refractivity contribution >= 4 is 54.8 Å². The molecule has 1 aromatic heterocycles. The monoisotopic (exact) mass is 464 g/mol. The normalized spacial score (nSPS) is 12.1. The molecule has 2 aromatic carbocycles. The highest BCUT2D eigenvalue weighted by Gasteiger charge is 2.16. The highest BCUT2D eigenvalue weighted by Crippen LogP contribution is 2.29. The molecule has 1 atom stereocenters. The predicted molar refractivity (Wildman–Crippen MR) is 123 cm³/mol. The number of aryl methyl sites for hydroxylation is 2. The van der Waals surface area contributed by atoms with Gasteiger partial charge in [-0.2, -0.15) is 0 Å². The minimum Gasteiger partial charge on any atom is -0.328 e. The average molecular weight is 465 g/mol. The molecular weight excluding hydrogens is 443 g/mol. The zero-order chi connectivity index (χ0) is 21.0. The number of ketones is 1. The van der Waals surface area contributed by atoms with Crippen LogP contribution in [0.1, 0.15) is 39.5 Å². The van der Waals surface area contributed by atoms with Gasteiger partial charge in [0.05, 0.1) is 6.61 Å². The second-order valence-electron chi connectivity index (χ2n) is 6.37. The minimum atomic E-state index is -2.25. The van der Waals surface area contributed by atoms with E-state index in [1.807, 2.05) is 26.0 Å². The van der Waals surface area contributed by atoms with Crippen molar-refractivity contribution in [3.8, 4) is 0 Å². The van der Waals surface area contributed by atoms with Crippen molar-refractivity contribution in [2.24, 2.45) is 0 Å². The van der Waals surface area contributed by atoms with Gasteiger partial charge < -0.3 is 4.52 Å². The summed E-state index contributed by atoms with van der Waals surface area (Å²) in [5.74, 6) is 0.713. The molecule has 0 N–H and O–H groups in total. The van der Waals surface area contributed by atoms with Crippen LogP contribution in [0.5, 0.6) is 0 Å². The van der Waals surface area contributed by atoms with Gasteiger partial charge >= 0.3 is 0 Å². The van der Waals surface area contributed by atoms with Crippen LogP contribution in [0.4, 0.5) is 0 Å². The third-order valence-corrected chi connectivity index (χ3v) is 7.89. The van der Waals surface area contributed by atoms with E-state index in [9.17, 15) is 9.36 Å². The van der Waals surface area contributed by atoms with Crippen molar-refractivity contribution in [1.29, 1.82) is 0 Å². The topological polar surface area (TPSA) is 69.2 Å². The number of hydrogen-bond donors (Lipinski definition) is 1. The number of rotatable bonds is 8. The molecule has 9 heteroatoms. The van der Waals surface area contributed by atoms with Crippen LogP contribution < -0.4 is 5.30 Å². The highest BCUT2D eigenvalue weighted by atomic mass is 32.2. The fraction of sp³-hybridized carbons (Fsp3) is 0.250. The maximum absolute atomic E-state index is 13.1. The number of nitrogens with zero attached hydrogens (tertiary/aromatic N) is 2. The molecule has 3 rings (SSSR count). The summed E-state index contributed by atoms with van der Waals surface area (Å²) < 4.78 is 18.7. The Labute approximate surface area is 184 Å². The summed E-state index contributed by atoms with van der Waals surface area (Å²) in [6.07, 6.45) is 0. The number of benzene rings is 2. The van der Waals surface area contributed by atoms with Crippen molar-refractivity contribution in [3.05, 3.63) is 64.2 Å². The van der Waals surface area contributed by atoms with E-state index in [-0.39, 0.29) is 5.78 Å². The predicted octanol–water partition coefficient (Wildman–Crippen LogP) is 5.10. The lowest BCUT2D eigenvalue weighted by molar-refractivity contribution is 0.103. The smallest absolute Gasteiger partial charge is 0.220 e. The molecule has 29 heavy (non-hydrogen) atoms. The van der Waals surface area contributed by atoms with E-state index in [4.69, 9.17) is 4.52 Å². The Bertz CT molecular complexity index is 1030. The Balaban J connectivity index is 1.77. The van der Waals surface area contributed by atoms with Gasteiger partial charge in [0.25, 0.3) is 0 Å². The molecule has 0 saturated heterocycles. The molecule has 3 aromatic rings. The maximum Gasteiger partial charge on any atom is 0.220 e. The van der Waals surface area contributed by atoms with Crippen molar-refractivity contribution < 1.29 is 13.9 Å². The van der Waals surface area contributed by atoms with Gasteiger partial charge in [-0.3, -0.25) is 9.36 Å². The first kappa shape index (κ1) is 22.2. The fourth-order valence-electron chi connectivity index (χ4n) is 3.02. The number of carbonyl (C=O) groups excluding carboxylic acids is 1. The van der Waals surface area contributed by atoms with Gasteiger partial charge in [0.15, 0.2) is 14.5 Å². The molecule has 0 spiro atoms. The van der Waals surface area contributed by atoms with E-state index in [2.05, 4.69) is 22.8 Å². The standard InChI is InChI=1S/C20H21N2O3PS3/c1-4-25-26(24)16-7-5-15(6-8-16)18(23)17-12(2)9-14(10-13(17)3)11-28-20-22-21-19(27)29-20/h5-10,26H,4,11H2,1-3H3,(H,21,27). The molecule has 0 aliphatic carbocycles. The Morgan fingerprint density at radius 2 is 1.83 bits per heavy atom. The summed E-state index contributed by atoms with van der Waals surface area (Å²) in [6, 6.07) is 10.9. The summed E-state index contributed by atoms with van der Waals surface area (Å²) in [5.41, 5.74) is 4.28. The van der Waals surface area contributed by atoms with E-state index in [0.717, 1.165) is 26.8 Å². The highest BCUT2D eigenvalue weighted by molar-refractivity contribution is 8.00. The lowest BCUT2D eigenvalue weighted by atomic mass is 9.93. The number of aromatic nitrogens is 2. The molecule has 0 aliphatic rings. The summed E-state index contributed by atoms with van der Waals surface area (Å²) in [7, 11) is -2.25. The fourth-order valence-corrected chi connectivity index (χ4v) is 5.90. The van der Waals surface area contributed by atoms with E-state index >= 15 is 0 Å². The van der Waals surface area contributed by atoms with E-state index < -0.39 is 8.03 Å². The Morgan fingerprint density at radius 3 is 2.38 bits per heavy atom. The Hall–Kier alpha value is -1.44. The Morgan fingerprint density at radius 1 is 1.17 bits per heavy atom. The van der Waals surface area contributed by atoms with Gasteiger partial charge in [0, 0.05) is 22.2 Å². The van der Waals surface area contributed by atoms with Gasteiger partial charge in [-0.1, -0.05) is 47.4 Å². The molecule has 0 radical (unpaired) electrons. The third-order valence-electron chi connectivity index (χ3n) is 4.24. The van der Waals surface area contributed by atoms with Crippen LogP contribution >= 0.6 is 43.8 Å². The van der Waals surface area contributed by atoms with E-state index in [1.165, 1.54) is 11.3 Å². The molecule has 152 valence electrons. The number of thioether (sulfide) groups is 1. The average Bonchev–Trinajstić information content (AvgIpc) is 3.11. The molecule has 0 amide bonds. The van der Waals surface area contributed by atoms with Gasteiger partial charge in [-0.25, -0.2) is 0 Å². The zero-order valence-corrected chi connectivity index (χ0v) is 19.8. The lowest BCUT2D eigenvalue weighted by Crippen LogP contribution is -2.09. The lowest BCUT2D eigenvalue weighted by Gasteiger charge is -2.12. The van der Waals surface area contributed by atoms with Crippen molar-refractivity contribution in [2.45, 2.75) is 35.2 Å². The van der Waals surface area contributed by atoms with Crippen LogP contribution in [0.25, 0.3) is 0 Å². The summed E-state index contributed by atoms with van der Waals surface area (Å²) in [6.45, 7) is 6.11. The molecule has 1 heterocycles. The summed E-state index contributed by atoms with van der Waals surface area (Å²) in [5, 5.41) is 8.59. The molecular formula is C20H21N2O3PS3. The second kappa shape index (κ2) is 10.0. The largest absolute Gasteiger partial charge is 0.328 e. The van der Waals surface area contributed by atoms with Gasteiger partial charge in [-0.05, 0) is 49.6 Å². The summed E-state index contributed by atoms with van der Waals surface area (Å²) >= 11 is 7.24. The van der Waals surface area contributed by atoms with Crippen molar-refractivity contribution in [2.75, 3.05) is 6.61 Å². The van der Waals surface area contributed by atoms with Crippen LogP contribution in [0.3, 0.4) is 0 Å². The van der Waals surface area contributed by atoms with Crippen LogP contribution in [0.2, 0.25) is 0 Å². The summed E-state index contributed by atoms with van der Waals surface area (Å²) in [4.78, 5) is 13.1. The molecule has 0 saturated carbocycles. The molecule has 0 bridgehead atoms. The molecule has 0 aliphatic heterocycles. The third kappa shape index (κ3) is 5.58. The maximum atomic E-state index is 13.1. The van der Waals surface area contributed by atoms with Crippen molar-refractivity contribution in [3.63, 3.8) is 0 Å². The van der Waals surface area contributed by atoms with Crippen LogP contribution in [0, 0.1) is 13.8 Å². The molecule has 1 unspecified atom stereocenters. The zero-order valence-electron chi connectivity index (χ0n) is 16.3. The van der Waals surface area contributed by atoms with Crippen molar-refractivity contribution in [1.82, 2.24) is 10.2 Å². The number of thiol groups is 1. The Kier molecular flexibility index (Phi) is 7.71. The molecule has 0 fully saturated rings. The second-order valence-corrected chi connectivity index (χ2v) is 10.7. The van der Waals surface area contributed by atoms with E-state index in [1.54, 1.807) is 43.0 Å². The quantitative estimate of drug-likeness (QED) is 0.216. The first-order chi connectivity index (χ1) is 13.9. The van der Waals surface area contributed by atoms with E-state index in [0.29, 0.717) is 27.4 Å². The van der Waals surface area contributed by atoms with Gasteiger partial charge in [0.2, 0.25) is 8.03 Å². The van der Waals surface area contributed by atoms with Gasteiger partial charge in [-0.15, -0.1) is 22.8 Å². The number of hydrogen-bond acceptors (Lipinski definition) is 8. The van der Waals surface area contributed by atoms with Gasteiger partial charge in [0.1, 0.15) is 0 Å². The molecule has 5 nitrogen and oxygen atoms in total. The first-order valence-electron chi connectivity index (χ1n) is 8.96. The minimum absolute atomic E-state index is 0.0364. The van der Waals surface area contributed by atoms with Crippen LogP contribution in [0.15, 0.2) is 45.1 Å². The van der Waals surface area contributed by atoms with Crippen LogP contribution in [-0.4, -0.2) is 22.6 Å². The number of carbonyl (C=O) groups is 1.